The highest BCUT2D eigenvalue weighted by molar-refractivity contribution is 6.00. The van der Waals surface area contributed by atoms with Crippen molar-refractivity contribution in [1.82, 2.24) is 21.3 Å². The van der Waals surface area contributed by atoms with Crippen LogP contribution in [0.25, 0.3) is 44.5 Å². The van der Waals surface area contributed by atoms with Gasteiger partial charge in [0.1, 0.15) is 0 Å². The third-order valence-electron chi connectivity index (χ3n) is 11.5. The Morgan fingerprint density at radius 2 is 0.406 bits per heavy atom. The molecule has 15 rings (SSSR count). The minimum Gasteiger partial charge on any atom is -0.348 e. The van der Waals surface area contributed by atoms with Gasteiger partial charge in [0.2, 0.25) is 0 Å². The van der Waals surface area contributed by atoms with Crippen LogP contribution in [0.3, 0.4) is 0 Å². The second-order valence-corrected chi connectivity index (χ2v) is 15.8. The van der Waals surface area contributed by atoms with Crippen molar-refractivity contribution in [2.45, 2.75) is 26.2 Å². The molecule has 0 saturated carbocycles. The Kier molecular flexibility index (Phi) is 12.0. The molecule has 0 fully saturated rings. The SMILES string of the molecule is O=C1NCc2ccc(cc2)-c2cccc(c2)-c2ccc(cc2)CNC(=O)c2cccc(c2)C(=O)NCc2ccc(cc2)-c2cccc(c2)-c2ccc(cc2)CNC(=O)c2cccc1c2. The number of nitrogens with one attached hydrogen (secondary N) is 4. The summed E-state index contributed by atoms with van der Waals surface area (Å²) in [7, 11) is 0. The highest BCUT2D eigenvalue weighted by Crippen LogP contribution is 2.29. The predicted octanol–water partition coefficient (Wildman–Crippen LogP) is 10.4. The van der Waals surface area contributed by atoms with Crippen LogP contribution in [0.5, 0.6) is 0 Å². The van der Waals surface area contributed by atoms with Crippen LogP contribution in [0.1, 0.15) is 63.7 Å². The second kappa shape index (κ2) is 18.7. The van der Waals surface area contributed by atoms with Crippen LogP contribution < -0.4 is 21.3 Å². The van der Waals surface area contributed by atoms with E-state index in [4.69, 9.17) is 0 Å². The van der Waals surface area contributed by atoms with E-state index in [1.54, 1.807) is 48.5 Å². The zero-order valence-corrected chi connectivity index (χ0v) is 34.9. The third kappa shape index (κ3) is 9.72. The highest BCUT2D eigenvalue weighted by Gasteiger charge is 2.14. The van der Waals surface area contributed by atoms with Crippen molar-refractivity contribution in [3.8, 4) is 44.5 Å². The van der Waals surface area contributed by atoms with E-state index in [-0.39, 0.29) is 23.6 Å². The second-order valence-electron chi connectivity index (χ2n) is 15.8. The Balaban J connectivity index is 0.941. The largest absolute Gasteiger partial charge is 0.348 e. The van der Waals surface area contributed by atoms with Crippen LogP contribution in [0.4, 0.5) is 0 Å². The summed E-state index contributed by atoms with van der Waals surface area (Å²) in [5.74, 6) is -1.05. The van der Waals surface area contributed by atoms with Gasteiger partial charge in [0.25, 0.3) is 23.6 Å². The molecule has 0 aliphatic carbocycles. The first-order valence-corrected chi connectivity index (χ1v) is 21.2. The number of amides is 4. The topological polar surface area (TPSA) is 116 Å². The number of carbonyl (C=O) groups excluding carboxylic acids is 4. The molecule has 7 aliphatic heterocycles. The molecule has 0 radical (unpaired) electrons. The lowest BCUT2D eigenvalue weighted by atomic mass is 9.98. The lowest BCUT2D eigenvalue weighted by Crippen LogP contribution is -2.25. The molecule has 0 saturated heterocycles. The van der Waals surface area contributed by atoms with Crippen LogP contribution >= 0.6 is 0 Å². The van der Waals surface area contributed by atoms with Crippen molar-refractivity contribution in [2.24, 2.45) is 0 Å². The third-order valence-corrected chi connectivity index (χ3v) is 11.5. The molecule has 8 nitrogen and oxygen atoms in total. The fourth-order valence-electron chi connectivity index (χ4n) is 7.76. The van der Waals surface area contributed by atoms with E-state index in [1.807, 2.05) is 109 Å². The zero-order valence-electron chi connectivity index (χ0n) is 34.9. The van der Waals surface area contributed by atoms with Gasteiger partial charge in [-0.3, -0.25) is 19.2 Å². The first-order valence-electron chi connectivity index (χ1n) is 21.2. The van der Waals surface area contributed by atoms with Crippen molar-refractivity contribution in [2.75, 3.05) is 0 Å². The zero-order chi connectivity index (χ0) is 43.8. The Morgan fingerprint density at radius 3 is 0.625 bits per heavy atom. The number of benzene rings is 8. The normalized spacial score (nSPS) is 13.4. The van der Waals surface area contributed by atoms with E-state index < -0.39 is 0 Å². The molecule has 0 unspecified atom stereocenters. The highest BCUT2D eigenvalue weighted by atomic mass is 16.2. The van der Waals surface area contributed by atoms with Crippen LogP contribution in [-0.4, -0.2) is 23.6 Å². The maximum Gasteiger partial charge on any atom is 0.251 e. The van der Waals surface area contributed by atoms with Crippen LogP contribution in [-0.2, 0) is 26.2 Å². The molecule has 0 spiro atoms. The molecule has 0 aromatic heterocycles. The molecular formula is C56H44N4O4. The minimum atomic E-state index is -0.263. The standard InChI is InChI=1S/C56H44N4O4/c61-53-49-9-3-11-51(31-49)55(63)59-35-39-17-25-43(26-18-39)47-7-2-8-48(30-47)44-27-19-40(20-28-44)36-60-56(64)52-12-4-10-50(32-52)54(62)58-34-38-15-23-42(24-16-38)46-6-1-5-45(29-46)41-21-13-37(14-22-41)33-57-53/h1-32H,33-36H2,(H,57,61)(H,58,62)(H,59,63)(H,60,64). The molecule has 8 heteroatoms. The van der Waals surface area contributed by atoms with Crippen molar-refractivity contribution in [3.05, 3.63) is 239 Å². The summed E-state index contributed by atoms with van der Waals surface area (Å²) in [4.78, 5) is 52.8. The van der Waals surface area contributed by atoms with Gasteiger partial charge in [-0.25, -0.2) is 0 Å². The van der Waals surface area contributed by atoms with Gasteiger partial charge in [-0.1, -0.05) is 146 Å². The van der Waals surface area contributed by atoms with Gasteiger partial charge < -0.3 is 21.3 Å². The molecule has 8 aromatic rings. The van der Waals surface area contributed by atoms with E-state index in [0.717, 1.165) is 66.8 Å². The summed E-state index contributed by atoms with van der Waals surface area (Å²) in [6, 6.07) is 62.5. The fraction of sp³-hybridized carbons (Fsp3) is 0.0714. The van der Waals surface area contributed by atoms with Crippen LogP contribution in [0.15, 0.2) is 194 Å². The first kappa shape index (κ1) is 41.0. The average molecular weight is 837 g/mol. The maximum absolute atomic E-state index is 13.2. The summed E-state index contributed by atoms with van der Waals surface area (Å²) in [6.45, 7) is 1.33. The van der Waals surface area contributed by atoms with Crippen molar-refractivity contribution >= 4 is 23.6 Å². The molecular weight excluding hydrogens is 793 g/mol. The first-order chi connectivity index (χ1) is 31.3. The average Bonchev–Trinajstić information content (AvgIpc) is 3.36. The quantitative estimate of drug-likeness (QED) is 0.122. The lowest BCUT2D eigenvalue weighted by molar-refractivity contribution is 0.0935. The number of carbonyl (C=O) groups is 4. The summed E-state index contributed by atoms with van der Waals surface area (Å²) >= 11 is 0. The molecule has 16 bridgehead atoms. The summed E-state index contributed by atoms with van der Waals surface area (Å²) < 4.78 is 0. The van der Waals surface area contributed by atoms with E-state index >= 15 is 0 Å². The summed E-state index contributed by atoms with van der Waals surface area (Å²) in [5.41, 5.74) is 13.8. The van der Waals surface area contributed by atoms with Gasteiger partial charge in [-0.15, -0.1) is 0 Å². The van der Waals surface area contributed by atoms with Crippen LogP contribution in [0, 0.1) is 0 Å². The van der Waals surface area contributed by atoms with E-state index in [1.165, 1.54) is 0 Å². The fourth-order valence-corrected chi connectivity index (χ4v) is 7.76. The van der Waals surface area contributed by atoms with Crippen molar-refractivity contribution < 1.29 is 19.2 Å². The molecule has 7 heterocycles. The minimum absolute atomic E-state index is 0.263. The molecule has 4 amide bonds. The molecule has 64 heavy (non-hydrogen) atoms. The molecule has 0 atom stereocenters. The lowest BCUT2D eigenvalue weighted by Gasteiger charge is -2.11. The van der Waals surface area contributed by atoms with Crippen molar-refractivity contribution in [1.29, 1.82) is 0 Å². The maximum atomic E-state index is 13.2. The Morgan fingerprint density at radius 1 is 0.219 bits per heavy atom. The van der Waals surface area contributed by atoms with Gasteiger partial charge in [0.05, 0.1) is 0 Å². The number of hydrogen-bond acceptors (Lipinski definition) is 4. The summed E-state index contributed by atoms with van der Waals surface area (Å²) in [6.07, 6.45) is 0. The van der Waals surface area contributed by atoms with Gasteiger partial charge >= 0.3 is 0 Å². The molecule has 8 aromatic carbocycles. The van der Waals surface area contributed by atoms with Gasteiger partial charge in [-0.05, 0) is 115 Å². The smallest absolute Gasteiger partial charge is 0.251 e. The Hall–Kier alpha value is -8.36. The van der Waals surface area contributed by atoms with Gasteiger partial charge in [0, 0.05) is 48.4 Å². The van der Waals surface area contributed by atoms with Gasteiger partial charge in [0.15, 0.2) is 0 Å². The molecule has 312 valence electrons. The number of rotatable bonds is 0. The molecule has 7 aliphatic rings. The van der Waals surface area contributed by atoms with E-state index in [9.17, 15) is 19.2 Å². The van der Waals surface area contributed by atoms with E-state index in [0.29, 0.717) is 48.4 Å². The van der Waals surface area contributed by atoms with Gasteiger partial charge in [-0.2, -0.15) is 0 Å². The van der Waals surface area contributed by atoms with E-state index in [2.05, 4.69) is 57.7 Å². The molecule has 4 N–H and O–H groups in total. The number of hydrogen-bond donors (Lipinski definition) is 4. The Bertz CT molecular complexity index is 2600. The van der Waals surface area contributed by atoms with Crippen molar-refractivity contribution in [3.63, 3.8) is 0 Å². The summed E-state index contributed by atoms with van der Waals surface area (Å²) in [5, 5.41) is 12.0. The van der Waals surface area contributed by atoms with Crippen LogP contribution in [0.2, 0.25) is 0 Å². The Labute approximate surface area is 372 Å². The monoisotopic (exact) mass is 836 g/mol. The predicted molar refractivity (Wildman–Crippen MR) is 252 cm³/mol.